The van der Waals surface area contributed by atoms with Crippen LogP contribution in [0.2, 0.25) is 0 Å². The van der Waals surface area contributed by atoms with Gasteiger partial charge in [-0.25, -0.2) is 0 Å². The molecule has 0 N–H and O–H groups in total. The van der Waals surface area contributed by atoms with Crippen molar-refractivity contribution in [1.82, 2.24) is 0 Å². The number of nitrogens with zero attached hydrogens (tertiary/aromatic N) is 1. The van der Waals surface area contributed by atoms with Crippen molar-refractivity contribution in [3.8, 4) is 11.3 Å². The van der Waals surface area contributed by atoms with Crippen molar-refractivity contribution >= 4 is 0 Å². The fraction of sp³-hybridized carbons (Fsp3) is 0.267. The Morgan fingerprint density at radius 2 is 1.81 bits per heavy atom. The third kappa shape index (κ3) is 1.73. The van der Waals surface area contributed by atoms with Crippen LogP contribution in [0, 0.1) is 20.7 Å². The Balaban J connectivity index is 2.68. The first kappa shape index (κ1) is 7.61. The number of benzene rings is 1. The van der Waals surface area contributed by atoms with E-state index in [2.05, 4.69) is 19.9 Å². The number of aryl methyl sites for hydroxylation is 2. The molecule has 2 rings (SSSR count). The Hall–Kier alpha value is -1.63. The third-order valence-electron chi connectivity index (χ3n) is 3.11. The molecule has 0 atom stereocenters. The average molecular weight is 215 g/mol. The van der Waals surface area contributed by atoms with Crippen molar-refractivity contribution < 1.29 is 8.68 Å². The van der Waals surface area contributed by atoms with Crippen LogP contribution >= 0.6 is 0 Å². The van der Waals surface area contributed by atoms with Gasteiger partial charge in [0, 0.05) is 28.7 Å². The Morgan fingerprint density at radius 3 is 2.56 bits per heavy atom. The van der Waals surface area contributed by atoms with Crippen LogP contribution in [-0.2, 0) is 7.05 Å². The predicted molar refractivity (Wildman–Crippen MR) is 67.3 cm³/mol. The van der Waals surface area contributed by atoms with E-state index in [4.69, 9.17) is 4.11 Å². The van der Waals surface area contributed by atoms with Crippen molar-refractivity contribution in [2.24, 2.45) is 7.05 Å². The molecule has 0 aliphatic carbocycles. The zero-order valence-corrected chi connectivity index (χ0v) is 9.91. The minimum absolute atomic E-state index is 0.353. The molecule has 1 aromatic heterocycles. The Morgan fingerprint density at radius 1 is 1.06 bits per heavy atom. The molecule has 0 fully saturated rings. The van der Waals surface area contributed by atoms with Gasteiger partial charge in [-0.1, -0.05) is 12.1 Å². The summed E-state index contributed by atoms with van der Waals surface area (Å²) in [5.74, 6) is 0. The highest BCUT2D eigenvalue weighted by Crippen LogP contribution is 2.22. The van der Waals surface area contributed by atoms with Gasteiger partial charge in [-0.05, 0) is 37.1 Å². The van der Waals surface area contributed by atoms with Crippen LogP contribution in [0.3, 0.4) is 0 Å². The molecular formula is C15H18N+. The minimum atomic E-state index is -2.09. The highest BCUT2D eigenvalue weighted by Gasteiger charge is 2.13. The summed E-state index contributed by atoms with van der Waals surface area (Å²) >= 11 is 0. The van der Waals surface area contributed by atoms with E-state index in [1.807, 2.05) is 18.2 Å². The van der Waals surface area contributed by atoms with Crippen LogP contribution in [0.4, 0.5) is 0 Å². The molecule has 1 nitrogen and oxygen atoms in total. The second-order valence-electron chi connectivity index (χ2n) is 4.10. The van der Waals surface area contributed by atoms with Gasteiger partial charge < -0.3 is 0 Å². The predicted octanol–water partition coefficient (Wildman–Crippen LogP) is 3.10. The maximum Gasteiger partial charge on any atom is 0.212 e. The molecule has 2 aromatic rings. The average Bonchev–Trinajstić information content (AvgIpc) is 2.32. The Labute approximate surface area is 102 Å². The van der Waals surface area contributed by atoms with E-state index in [0.29, 0.717) is 5.69 Å². The summed E-state index contributed by atoms with van der Waals surface area (Å²) in [5.41, 5.74) is 4.74. The number of hydrogen-bond donors (Lipinski definition) is 0. The summed E-state index contributed by atoms with van der Waals surface area (Å²) in [6, 6.07) is 11.5. The van der Waals surface area contributed by atoms with Gasteiger partial charge in [-0.2, -0.15) is 4.57 Å². The fourth-order valence-electron chi connectivity index (χ4n) is 1.88. The summed E-state index contributed by atoms with van der Waals surface area (Å²) in [6.45, 7) is 2.03. The van der Waals surface area contributed by atoms with Gasteiger partial charge in [0.15, 0.2) is 5.69 Å². The van der Waals surface area contributed by atoms with Crippen LogP contribution in [0.25, 0.3) is 11.3 Å². The van der Waals surface area contributed by atoms with E-state index in [-0.39, 0.29) is 0 Å². The maximum atomic E-state index is 7.58. The molecule has 0 amide bonds. The third-order valence-corrected chi connectivity index (χ3v) is 3.11. The molecule has 82 valence electrons. The lowest BCUT2D eigenvalue weighted by atomic mass is 10.00. The van der Waals surface area contributed by atoms with E-state index in [0.717, 1.165) is 11.3 Å². The van der Waals surface area contributed by atoms with Crippen molar-refractivity contribution in [2.75, 3.05) is 0 Å². The van der Waals surface area contributed by atoms with Crippen molar-refractivity contribution in [2.45, 2.75) is 20.7 Å². The Bertz CT molecular complexity index is 615. The lowest BCUT2D eigenvalue weighted by Gasteiger charge is -2.07. The van der Waals surface area contributed by atoms with E-state index in [1.54, 1.807) is 23.7 Å². The zero-order chi connectivity index (χ0) is 14.2. The molecule has 0 saturated carbocycles. The number of rotatable bonds is 1. The van der Waals surface area contributed by atoms with Gasteiger partial charge in [0.05, 0.1) is 0 Å². The molecule has 1 aromatic carbocycles. The molecule has 0 aliphatic rings. The van der Waals surface area contributed by atoms with Gasteiger partial charge in [0.25, 0.3) is 0 Å². The summed E-state index contributed by atoms with van der Waals surface area (Å²) in [5, 5.41) is 0. The van der Waals surface area contributed by atoms with Crippen molar-refractivity contribution in [1.29, 1.82) is 0 Å². The summed E-state index contributed by atoms with van der Waals surface area (Å²) in [4.78, 5) is 0. The van der Waals surface area contributed by atoms with Crippen molar-refractivity contribution in [3.63, 3.8) is 0 Å². The molecule has 1 heterocycles. The number of hydrogen-bond acceptors (Lipinski definition) is 0. The first-order valence-corrected chi connectivity index (χ1v) is 5.38. The van der Waals surface area contributed by atoms with Crippen molar-refractivity contribution in [3.05, 3.63) is 53.2 Å². The van der Waals surface area contributed by atoms with Crippen LogP contribution in [-0.4, -0.2) is 0 Å². The van der Waals surface area contributed by atoms with Gasteiger partial charge in [0.1, 0.15) is 7.05 Å². The molecule has 16 heavy (non-hydrogen) atoms. The maximum absolute atomic E-state index is 7.58. The van der Waals surface area contributed by atoms with Gasteiger partial charge >= 0.3 is 0 Å². The normalized spacial score (nSPS) is 14.1. The summed E-state index contributed by atoms with van der Waals surface area (Å²) < 4.78 is 24.5. The van der Waals surface area contributed by atoms with Gasteiger partial charge in [0.2, 0.25) is 5.69 Å². The molecule has 0 radical (unpaired) electrons. The number of aromatic nitrogens is 1. The molecule has 0 spiro atoms. The first-order chi connectivity index (χ1) is 8.82. The first-order valence-electron chi connectivity index (χ1n) is 6.88. The van der Waals surface area contributed by atoms with Crippen LogP contribution in [0.15, 0.2) is 36.4 Å². The second-order valence-corrected chi connectivity index (χ2v) is 4.10. The topological polar surface area (TPSA) is 3.88 Å². The quantitative estimate of drug-likeness (QED) is 0.644. The molecule has 0 bridgehead atoms. The Kier molecular flexibility index (Phi) is 1.95. The molecule has 1 heteroatoms. The standard InChI is InChI=1S/C15H18N/c1-11-7-5-9-14(13(11)3)15-10-6-8-12(2)16(15)4/h5-10H,1-4H3/q+1/i2D3. The second kappa shape index (κ2) is 4.09. The van der Waals surface area contributed by atoms with Gasteiger partial charge in [-0.15, -0.1) is 0 Å². The van der Waals surface area contributed by atoms with E-state index >= 15 is 0 Å². The summed E-state index contributed by atoms with van der Waals surface area (Å²) in [6.07, 6.45) is 0. The van der Waals surface area contributed by atoms with E-state index < -0.39 is 6.85 Å². The zero-order valence-electron chi connectivity index (χ0n) is 12.9. The van der Waals surface area contributed by atoms with E-state index in [1.165, 1.54) is 11.1 Å². The SMILES string of the molecule is [2H]C([2H])([2H])c1cccc(-c2cccc(C)c2C)[n+]1C. The smallest absolute Gasteiger partial charge is 0.199 e. The molecule has 0 aliphatic heterocycles. The minimum Gasteiger partial charge on any atom is -0.199 e. The van der Waals surface area contributed by atoms with Crippen LogP contribution < -0.4 is 4.57 Å². The number of pyridine rings is 1. The molecule has 0 saturated heterocycles. The summed E-state index contributed by atoms with van der Waals surface area (Å²) in [7, 11) is 1.80. The van der Waals surface area contributed by atoms with Crippen LogP contribution in [0.1, 0.15) is 20.9 Å². The van der Waals surface area contributed by atoms with E-state index in [9.17, 15) is 0 Å². The largest absolute Gasteiger partial charge is 0.212 e. The monoisotopic (exact) mass is 215 g/mol. The lowest BCUT2D eigenvalue weighted by Crippen LogP contribution is -2.34. The molecule has 0 unspecified atom stereocenters. The highest BCUT2D eigenvalue weighted by atomic mass is 14.9. The van der Waals surface area contributed by atoms with Gasteiger partial charge in [-0.3, -0.25) is 0 Å². The lowest BCUT2D eigenvalue weighted by molar-refractivity contribution is -0.666. The highest BCUT2D eigenvalue weighted by molar-refractivity contribution is 5.62. The fourth-order valence-corrected chi connectivity index (χ4v) is 1.88. The van der Waals surface area contributed by atoms with Crippen LogP contribution in [0.5, 0.6) is 0 Å². The molecular weight excluding hydrogens is 194 g/mol.